The molecule has 1 aromatic carbocycles. The molecule has 0 unspecified atom stereocenters. The van der Waals surface area contributed by atoms with Crippen molar-refractivity contribution in [2.45, 2.75) is 19.1 Å². The van der Waals surface area contributed by atoms with Crippen LogP contribution in [0.15, 0.2) is 34.9 Å². The molecule has 0 bridgehead atoms. The number of aliphatic hydroxyl groups is 1. The Hall–Kier alpha value is -2.17. The highest BCUT2D eigenvalue weighted by Gasteiger charge is 2.27. The van der Waals surface area contributed by atoms with Crippen molar-refractivity contribution in [3.63, 3.8) is 0 Å². The van der Waals surface area contributed by atoms with Crippen molar-refractivity contribution < 1.29 is 19.6 Å². The number of imidazole rings is 1. The number of carbonyl (C=O) groups excluding carboxylic acids is 1. The minimum atomic E-state index is -1.50. The van der Waals surface area contributed by atoms with Crippen LogP contribution in [0.1, 0.15) is 6.92 Å². The lowest BCUT2D eigenvalue weighted by Crippen LogP contribution is -2.37. The molecule has 0 aliphatic rings. The van der Waals surface area contributed by atoms with E-state index in [9.17, 15) is 20.0 Å². The first-order chi connectivity index (χ1) is 11.7. The first kappa shape index (κ1) is 19.2. The third-order valence-corrected chi connectivity index (χ3v) is 3.85. The Kier molecular flexibility index (Phi) is 5.98. The van der Waals surface area contributed by atoms with E-state index in [1.807, 2.05) is 0 Å². The number of ether oxygens (including phenoxy) is 1. The predicted molar refractivity (Wildman–Crippen MR) is 93.6 cm³/mol. The molecule has 1 atom stereocenters. The number of nitro groups is 1. The minimum Gasteiger partial charge on any atom is -0.446 e. The zero-order chi connectivity index (χ0) is 18.6. The van der Waals surface area contributed by atoms with Crippen molar-refractivity contribution in [1.82, 2.24) is 9.55 Å². The van der Waals surface area contributed by atoms with Crippen LogP contribution in [-0.4, -0.2) is 37.9 Å². The zero-order valence-corrected chi connectivity index (χ0v) is 15.3. The van der Waals surface area contributed by atoms with E-state index in [-0.39, 0.29) is 18.4 Å². The van der Waals surface area contributed by atoms with Crippen molar-refractivity contribution in [2.24, 2.45) is 0 Å². The van der Waals surface area contributed by atoms with E-state index in [0.29, 0.717) is 5.69 Å². The fourth-order valence-corrected chi connectivity index (χ4v) is 2.36. The molecule has 0 aliphatic heterocycles. The molecule has 2 N–H and O–H groups in total. The molecule has 0 fully saturated rings. The SMILES string of the molecule is C[C@](O)(COC(=O)Nc1ccc(Br)cc1)Cn1cc([N+](=O)[O-])nc1Cl. The molecule has 2 aromatic rings. The molecule has 11 heteroatoms. The number of hydrogen-bond donors (Lipinski definition) is 2. The molecule has 9 nitrogen and oxygen atoms in total. The Morgan fingerprint density at radius 1 is 1.52 bits per heavy atom. The maximum absolute atomic E-state index is 11.8. The number of nitrogens with zero attached hydrogens (tertiary/aromatic N) is 3. The molecule has 1 heterocycles. The van der Waals surface area contributed by atoms with Gasteiger partial charge in [0.05, 0.1) is 6.54 Å². The van der Waals surface area contributed by atoms with Crippen molar-refractivity contribution >= 4 is 45.1 Å². The lowest BCUT2D eigenvalue weighted by molar-refractivity contribution is -0.389. The average molecular weight is 434 g/mol. The van der Waals surface area contributed by atoms with Crippen LogP contribution in [0.25, 0.3) is 0 Å². The van der Waals surface area contributed by atoms with Gasteiger partial charge in [-0.25, -0.2) is 4.79 Å². The molecule has 25 heavy (non-hydrogen) atoms. The van der Waals surface area contributed by atoms with Crippen LogP contribution in [0.4, 0.5) is 16.3 Å². The second kappa shape index (κ2) is 7.81. The van der Waals surface area contributed by atoms with Gasteiger partial charge in [0, 0.05) is 10.2 Å². The van der Waals surface area contributed by atoms with E-state index >= 15 is 0 Å². The second-order valence-electron chi connectivity index (χ2n) is 5.46. The molecule has 0 radical (unpaired) electrons. The monoisotopic (exact) mass is 432 g/mol. The Morgan fingerprint density at radius 2 is 2.16 bits per heavy atom. The fraction of sp³-hybridized carbons (Fsp3) is 0.286. The molecular formula is C14H14BrClN4O5. The maximum atomic E-state index is 11.8. The van der Waals surface area contributed by atoms with Crippen LogP contribution in [0, 0.1) is 10.1 Å². The van der Waals surface area contributed by atoms with Crippen LogP contribution in [0.3, 0.4) is 0 Å². The van der Waals surface area contributed by atoms with Gasteiger partial charge in [-0.1, -0.05) is 15.9 Å². The summed E-state index contributed by atoms with van der Waals surface area (Å²) in [7, 11) is 0. The summed E-state index contributed by atoms with van der Waals surface area (Å²) in [4.78, 5) is 25.3. The second-order valence-corrected chi connectivity index (χ2v) is 6.71. The lowest BCUT2D eigenvalue weighted by Gasteiger charge is -2.23. The van der Waals surface area contributed by atoms with Crippen LogP contribution < -0.4 is 5.32 Å². The van der Waals surface area contributed by atoms with Crippen molar-refractivity contribution in [1.29, 1.82) is 0 Å². The summed E-state index contributed by atoms with van der Waals surface area (Å²) in [6.45, 7) is 0.915. The largest absolute Gasteiger partial charge is 0.446 e. The van der Waals surface area contributed by atoms with Crippen LogP contribution in [0.2, 0.25) is 5.28 Å². The minimum absolute atomic E-state index is 0.141. The van der Waals surface area contributed by atoms with Gasteiger partial charge in [0.15, 0.2) is 0 Å². The number of hydrogen-bond acceptors (Lipinski definition) is 6. The van der Waals surface area contributed by atoms with Gasteiger partial charge in [-0.2, -0.15) is 0 Å². The number of anilines is 1. The van der Waals surface area contributed by atoms with E-state index in [1.165, 1.54) is 11.5 Å². The number of nitrogens with one attached hydrogen (secondary N) is 1. The van der Waals surface area contributed by atoms with Gasteiger partial charge >= 0.3 is 17.2 Å². The highest BCUT2D eigenvalue weighted by Crippen LogP contribution is 2.19. The van der Waals surface area contributed by atoms with Gasteiger partial charge in [0.25, 0.3) is 0 Å². The summed E-state index contributed by atoms with van der Waals surface area (Å²) < 4.78 is 7.05. The van der Waals surface area contributed by atoms with Gasteiger partial charge in [-0.3, -0.25) is 9.88 Å². The summed E-state index contributed by atoms with van der Waals surface area (Å²) in [5.41, 5.74) is -0.976. The van der Waals surface area contributed by atoms with Crippen molar-refractivity contribution in [3.05, 3.63) is 50.3 Å². The zero-order valence-electron chi connectivity index (χ0n) is 13.0. The van der Waals surface area contributed by atoms with Gasteiger partial charge in [0.2, 0.25) is 0 Å². The molecule has 1 aromatic heterocycles. The highest BCUT2D eigenvalue weighted by molar-refractivity contribution is 9.10. The number of rotatable bonds is 6. The molecule has 0 aliphatic carbocycles. The predicted octanol–water partition coefficient (Wildman–Crippen LogP) is 3.21. The van der Waals surface area contributed by atoms with Gasteiger partial charge in [-0.15, -0.1) is 0 Å². The van der Waals surface area contributed by atoms with Gasteiger partial charge in [-0.05, 0) is 52.7 Å². The third-order valence-electron chi connectivity index (χ3n) is 3.02. The van der Waals surface area contributed by atoms with E-state index in [1.54, 1.807) is 24.3 Å². The Bertz CT molecular complexity index is 778. The summed E-state index contributed by atoms with van der Waals surface area (Å²) in [5.74, 6) is -0.435. The number of benzene rings is 1. The summed E-state index contributed by atoms with van der Waals surface area (Å²) >= 11 is 9.07. The Balaban J connectivity index is 1.91. The smallest absolute Gasteiger partial charge is 0.411 e. The molecule has 0 spiro atoms. The third kappa shape index (κ3) is 5.69. The highest BCUT2D eigenvalue weighted by atomic mass is 79.9. The number of aromatic nitrogens is 2. The van der Waals surface area contributed by atoms with E-state index in [2.05, 4.69) is 26.2 Å². The first-order valence-corrected chi connectivity index (χ1v) is 8.12. The Labute approximate surface area is 155 Å². The average Bonchev–Trinajstić information content (AvgIpc) is 2.88. The topological polar surface area (TPSA) is 120 Å². The number of halogens is 2. The van der Waals surface area contributed by atoms with Crippen molar-refractivity contribution in [2.75, 3.05) is 11.9 Å². The maximum Gasteiger partial charge on any atom is 0.411 e. The van der Waals surface area contributed by atoms with Gasteiger partial charge < -0.3 is 20.0 Å². The standard InChI is InChI=1S/C14H14BrClN4O5/c1-14(22,7-19-6-11(20(23)24)18-12(19)16)8-25-13(21)17-10-4-2-9(15)3-5-10/h2-6,22H,7-8H2,1H3,(H,17,21)/t14-/m1/s1. The number of amides is 1. The molecule has 0 saturated carbocycles. The molecule has 0 saturated heterocycles. The number of carbonyl (C=O) groups is 1. The van der Waals surface area contributed by atoms with Crippen LogP contribution >= 0.6 is 27.5 Å². The van der Waals surface area contributed by atoms with E-state index < -0.39 is 22.4 Å². The van der Waals surface area contributed by atoms with Gasteiger partial charge in [0.1, 0.15) is 18.4 Å². The molecule has 2 rings (SSSR count). The van der Waals surface area contributed by atoms with Crippen LogP contribution in [0.5, 0.6) is 0 Å². The van der Waals surface area contributed by atoms with Crippen LogP contribution in [-0.2, 0) is 11.3 Å². The molecular weight excluding hydrogens is 420 g/mol. The summed E-state index contributed by atoms with van der Waals surface area (Å²) in [6.07, 6.45) is 0.351. The lowest BCUT2D eigenvalue weighted by atomic mass is 10.1. The summed E-state index contributed by atoms with van der Waals surface area (Å²) in [5, 5.41) is 23.3. The fourth-order valence-electron chi connectivity index (χ4n) is 1.90. The quantitative estimate of drug-likeness (QED) is 0.533. The molecule has 134 valence electrons. The van der Waals surface area contributed by atoms with E-state index in [4.69, 9.17) is 16.3 Å². The summed E-state index contributed by atoms with van der Waals surface area (Å²) in [6, 6.07) is 6.85. The van der Waals surface area contributed by atoms with Crippen molar-refractivity contribution in [3.8, 4) is 0 Å². The molecule has 1 amide bonds. The normalized spacial score (nSPS) is 13.1. The van der Waals surface area contributed by atoms with E-state index in [0.717, 1.165) is 10.7 Å². The first-order valence-electron chi connectivity index (χ1n) is 6.95. The Morgan fingerprint density at radius 3 is 2.72 bits per heavy atom.